The predicted molar refractivity (Wildman–Crippen MR) is 85.3 cm³/mol. The van der Waals surface area contributed by atoms with Gasteiger partial charge in [-0.2, -0.15) is 0 Å². The van der Waals surface area contributed by atoms with Crippen molar-refractivity contribution in [2.45, 2.75) is 58.4 Å². The second kappa shape index (κ2) is 6.27. The highest BCUT2D eigenvalue weighted by atomic mass is 32.1. The number of nitrogens with two attached hydrogens (primary N) is 1. The van der Waals surface area contributed by atoms with Crippen LogP contribution in [0.15, 0.2) is 5.38 Å². The Hall–Kier alpha value is -0.870. The van der Waals surface area contributed by atoms with Gasteiger partial charge in [0.25, 0.3) is 5.91 Å². The molecule has 1 aromatic heterocycles. The van der Waals surface area contributed by atoms with Gasteiger partial charge in [-0.05, 0) is 50.5 Å². The van der Waals surface area contributed by atoms with Crippen LogP contribution in [0.2, 0.25) is 0 Å². The number of hydrogen-bond donors (Lipinski definition) is 2. The lowest BCUT2D eigenvalue weighted by Gasteiger charge is -2.31. The minimum Gasteiger partial charge on any atom is -0.346 e. The van der Waals surface area contributed by atoms with Crippen LogP contribution in [0.25, 0.3) is 0 Å². The lowest BCUT2D eigenvalue weighted by Crippen LogP contribution is -2.52. The van der Waals surface area contributed by atoms with Crippen LogP contribution < -0.4 is 11.1 Å². The molecule has 0 aliphatic heterocycles. The third kappa shape index (κ3) is 3.41. The quantitative estimate of drug-likeness (QED) is 0.876. The van der Waals surface area contributed by atoms with Crippen molar-refractivity contribution in [2.75, 3.05) is 6.54 Å². The first kappa shape index (κ1) is 15.5. The monoisotopic (exact) mass is 294 g/mol. The molecule has 1 unspecified atom stereocenters. The van der Waals surface area contributed by atoms with E-state index < -0.39 is 0 Å². The number of rotatable bonds is 5. The van der Waals surface area contributed by atoms with Gasteiger partial charge in [-0.3, -0.25) is 4.79 Å². The van der Waals surface area contributed by atoms with Crippen molar-refractivity contribution in [3.63, 3.8) is 0 Å². The Kier molecular flexibility index (Phi) is 4.86. The molecule has 112 valence electrons. The molecule has 1 atom stereocenters. The van der Waals surface area contributed by atoms with Crippen LogP contribution in [-0.4, -0.2) is 18.0 Å². The summed E-state index contributed by atoms with van der Waals surface area (Å²) in [5.41, 5.74) is 7.73. The standard InChI is InChI=1S/C16H26N2OS/c1-11(2)8-16(3,10-17)18-15(19)13-9-20-14-7-5-4-6-12(13)14/h9,11H,4-8,10,17H2,1-3H3,(H,18,19). The fraction of sp³-hybridized carbons (Fsp3) is 0.688. The minimum atomic E-state index is -0.311. The average Bonchev–Trinajstić information content (AvgIpc) is 2.81. The molecule has 3 N–H and O–H groups in total. The molecule has 0 saturated carbocycles. The summed E-state index contributed by atoms with van der Waals surface area (Å²) in [5, 5.41) is 5.20. The highest BCUT2D eigenvalue weighted by Gasteiger charge is 2.28. The molecule has 1 aromatic rings. The number of fused-ring (bicyclic) bond motifs is 1. The van der Waals surface area contributed by atoms with E-state index >= 15 is 0 Å². The average molecular weight is 294 g/mol. The van der Waals surface area contributed by atoms with Gasteiger partial charge >= 0.3 is 0 Å². The molecule has 0 fully saturated rings. The lowest BCUT2D eigenvalue weighted by molar-refractivity contribution is 0.0897. The predicted octanol–water partition coefficient (Wildman–Crippen LogP) is 3.12. The Labute approximate surface area is 125 Å². The number of hydrogen-bond acceptors (Lipinski definition) is 3. The van der Waals surface area contributed by atoms with Crippen LogP contribution in [0, 0.1) is 5.92 Å². The van der Waals surface area contributed by atoms with Crippen molar-refractivity contribution in [3.8, 4) is 0 Å². The molecule has 1 heterocycles. The first-order valence-electron chi connectivity index (χ1n) is 7.57. The van der Waals surface area contributed by atoms with E-state index in [0.29, 0.717) is 12.5 Å². The summed E-state index contributed by atoms with van der Waals surface area (Å²) in [5.74, 6) is 0.568. The first-order valence-corrected chi connectivity index (χ1v) is 8.45. The van der Waals surface area contributed by atoms with Gasteiger partial charge in [0.2, 0.25) is 0 Å². The summed E-state index contributed by atoms with van der Waals surface area (Å²) >= 11 is 1.74. The van der Waals surface area contributed by atoms with E-state index in [1.54, 1.807) is 11.3 Å². The molecule has 1 aliphatic carbocycles. The van der Waals surface area contributed by atoms with Gasteiger partial charge < -0.3 is 11.1 Å². The Morgan fingerprint density at radius 3 is 2.80 bits per heavy atom. The first-order chi connectivity index (χ1) is 9.45. The van der Waals surface area contributed by atoms with E-state index in [2.05, 4.69) is 19.2 Å². The number of nitrogens with one attached hydrogen (secondary N) is 1. The van der Waals surface area contributed by atoms with Gasteiger partial charge in [-0.15, -0.1) is 11.3 Å². The third-order valence-corrected chi connectivity index (χ3v) is 5.12. The lowest BCUT2D eigenvalue weighted by atomic mass is 9.90. The molecule has 0 radical (unpaired) electrons. The normalized spacial score (nSPS) is 17.6. The minimum absolute atomic E-state index is 0.0537. The van der Waals surface area contributed by atoms with Crippen molar-refractivity contribution in [1.29, 1.82) is 0 Å². The van der Waals surface area contributed by atoms with E-state index in [-0.39, 0.29) is 11.4 Å². The van der Waals surface area contributed by atoms with Gasteiger partial charge in [-0.25, -0.2) is 0 Å². The second-order valence-corrected chi connectivity index (χ2v) is 7.54. The Bertz CT molecular complexity index is 481. The summed E-state index contributed by atoms with van der Waals surface area (Å²) in [4.78, 5) is 14.0. The maximum Gasteiger partial charge on any atom is 0.252 e. The van der Waals surface area contributed by atoms with Crippen molar-refractivity contribution in [2.24, 2.45) is 11.7 Å². The Balaban J connectivity index is 2.13. The fourth-order valence-corrected chi connectivity index (χ4v) is 4.24. The van der Waals surface area contributed by atoms with Crippen molar-refractivity contribution >= 4 is 17.2 Å². The summed E-state index contributed by atoms with van der Waals surface area (Å²) in [7, 11) is 0. The zero-order chi connectivity index (χ0) is 14.8. The highest BCUT2D eigenvalue weighted by Crippen LogP contribution is 2.30. The molecular weight excluding hydrogens is 268 g/mol. The summed E-state index contributed by atoms with van der Waals surface area (Å²) in [6.07, 6.45) is 5.53. The summed E-state index contributed by atoms with van der Waals surface area (Å²) in [6.45, 7) is 6.84. The molecule has 0 bridgehead atoms. The fourth-order valence-electron chi connectivity index (χ4n) is 3.11. The molecule has 2 rings (SSSR count). The van der Waals surface area contributed by atoms with Crippen LogP contribution in [0.3, 0.4) is 0 Å². The van der Waals surface area contributed by atoms with Crippen LogP contribution >= 0.6 is 11.3 Å². The molecular formula is C16H26N2OS. The maximum atomic E-state index is 12.6. The van der Waals surface area contributed by atoms with E-state index in [0.717, 1.165) is 24.8 Å². The van der Waals surface area contributed by atoms with Gasteiger partial charge in [0.05, 0.1) is 5.56 Å². The molecule has 0 aromatic carbocycles. The largest absolute Gasteiger partial charge is 0.346 e. The number of carbonyl (C=O) groups is 1. The number of amides is 1. The SMILES string of the molecule is CC(C)CC(C)(CN)NC(=O)c1csc2c1CCCC2. The molecule has 0 spiro atoms. The van der Waals surface area contributed by atoms with Crippen molar-refractivity contribution in [3.05, 3.63) is 21.4 Å². The summed E-state index contributed by atoms with van der Waals surface area (Å²) in [6, 6.07) is 0. The van der Waals surface area contributed by atoms with E-state index in [4.69, 9.17) is 5.73 Å². The topological polar surface area (TPSA) is 55.1 Å². The van der Waals surface area contributed by atoms with Crippen LogP contribution in [0.4, 0.5) is 0 Å². The molecule has 4 heteroatoms. The van der Waals surface area contributed by atoms with Crippen LogP contribution in [0.1, 0.15) is 60.8 Å². The van der Waals surface area contributed by atoms with Gasteiger partial charge in [0.1, 0.15) is 0 Å². The molecule has 3 nitrogen and oxygen atoms in total. The van der Waals surface area contributed by atoms with E-state index in [9.17, 15) is 4.79 Å². The molecule has 0 saturated heterocycles. The van der Waals surface area contributed by atoms with E-state index in [1.807, 2.05) is 12.3 Å². The van der Waals surface area contributed by atoms with Crippen LogP contribution in [-0.2, 0) is 12.8 Å². The van der Waals surface area contributed by atoms with Gasteiger partial charge in [0.15, 0.2) is 0 Å². The zero-order valence-corrected chi connectivity index (χ0v) is 13.6. The number of thiophene rings is 1. The molecule has 1 aliphatic rings. The molecule has 1 amide bonds. The van der Waals surface area contributed by atoms with Crippen LogP contribution in [0.5, 0.6) is 0 Å². The Morgan fingerprint density at radius 2 is 2.15 bits per heavy atom. The smallest absolute Gasteiger partial charge is 0.252 e. The second-order valence-electron chi connectivity index (χ2n) is 6.58. The maximum absolute atomic E-state index is 12.6. The van der Waals surface area contributed by atoms with Gasteiger partial charge in [-0.1, -0.05) is 13.8 Å². The van der Waals surface area contributed by atoms with Crippen molar-refractivity contribution in [1.82, 2.24) is 5.32 Å². The van der Waals surface area contributed by atoms with E-state index in [1.165, 1.54) is 23.3 Å². The highest BCUT2D eigenvalue weighted by molar-refractivity contribution is 7.10. The number of aryl methyl sites for hydroxylation is 1. The van der Waals surface area contributed by atoms with Crippen molar-refractivity contribution < 1.29 is 4.79 Å². The third-order valence-electron chi connectivity index (χ3n) is 4.03. The zero-order valence-electron chi connectivity index (χ0n) is 12.8. The number of carbonyl (C=O) groups excluding carboxylic acids is 1. The molecule has 20 heavy (non-hydrogen) atoms. The Morgan fingerprint density at radius 1 is 1.45 bits per heavy atom. The summed E-state index contributed by atoms with van der Waals surface area (Å²) < 4.78 is 0. The van der Waals surface area contributed by atoms with Gasteiger partial charge in [0, 0.05) is 22.3 Å².